The van der Waals surface area contributed by atoms with Crippen molar-refractivity contribution in [1.82, 2.24) is 0 Å². The van der Waals surface area contributed by atoms with E-state index < -0.39 is 11.0 Å². The molecule has 0 spiro atoms. The van der Waals surface area contributed by atoms with Crippen LogP contribution >= 0.6 is 0 Å². The normalized spacial score (nSPS) is 11.7. The summed E-state index contributed by atoms with van der Waals surface area (Å²) in [6.45, 7) is 0. The van der Waals surface area contributed by atoms with E-state index in [1.54, 1.807) is 6.07 Å². The number of nitro benzene ring substituents is 1. The maximum Gasteiger partial charge on any atom is 0.276 e. The first kappa shape index (κ1) is 9.23. The molecule has 1 aromatic carbocycles. The lowest BCUT2D eigenvalue weighted by Crippen LogP contribution is -1.99. The largest absolute Gasteiger partial charge is 0.376 e. The van der Waals surface area contributed by atoms with Crippen LogP contribution in [0.1, 0.15) is 11.7 Å². The van der Waals surface area contributed by atoms with Crippen LogP contribution in [0, 0.1) is 22.5 Å². The fourth-order valence-electron chi connectivity index (χ4n) is 0.975. The van der Waals surface area contributed by atoms with Crippen LogP contribution in [0.2, 0.25) is 0 Å². The predicted octanol–water partition coefficient (Wildman–Crippen LogP) is 1.26. The molecule has 0 aliphatic heterocycles. The Morgan fingerprint density at radius 2 is 2.15 bits per heavy atom. The highest BCUT2D eigenvalue weighted by molar-refractivity contribution is 5.43. The van der Waals surface area contributed by atoms with E-state index in [1.807, 2.05) is 5.92 Å². The third-order valence-electron chi connectivity index (χ3n) is 1.59. The monoisotopic (exact) mass is 177 g/mol. The molecule has 0 saturated carbocycles. The van der Waals surface area contributed by atoms with Crippen molar-refractivity contribution in [2.45, 2.75) is 6.10 Å². The molecule has 13 heavy (non-hydrogen) atoms. The van der Waals surface area contributed by atoms with Gasteiger partial charge in [0.25, 0.3) is 5.69 Å². The zero-order valence-electron chi connectivity index (χ0n) is 6.68. The Labute approximate surface area is 75.0 Å². The van der Waals surface area contributed by atoms with Gasteiger partial charge >= 0.3 is 0 Å². The van der Waals surface area contributed by atoms with Gasteiger partial charge in [-0.2, -0.15) is 0 Å². The molecule has 0 aliphatic carbocycles. The van der Waals surface area contributed by atoms with Crippen LogP contribution in [0.15, 0.2) is 24.3 Å². The van der Waals surface area contributed by atoms with Gasteiger partial charge in [-0.05, 0) is 6.07 Å². The summed E-state index contributed by atoms with van der Waals surface area (Å²) in [5.41, 5.74) is -0.0112. The molecule has 0 aliphatic rings. The number of hydrogen-bond acceptors (Lipinski definition) is 3. The number of hydrogen-bond donors (Lipinski definition) is 1. The number of para-hydroxylation sites is 1. The maximum absolute atomic E-state index is 10.5. The van der Waals surface area contributed by atoms with E-state index in [2.05, 4.69) is 0 Å². The second kappa shape index (κ2) is 3.70. The van der Waals surface area contributed by atoms with Gasteiger partial charge in [0.2, 0.25) is 0 Å². The molecule has 66 valence electrons. The molecular formula is C9H7NO3. The van der Waals surface area contributed by atoms with Crippen molar-refractivity contribution in [3.8, 4) is 12.3 Å². The highest BCUT2D eigenvalue weighted by Crippen LogP contribution is 2.23. The molecule has 1 unspecified atom stereocenters. The lowest BCUT2D eigenvalue weighted by molar-refractivity contribution is -0.386. The number of rotatable bonds is 2. The average molecular weight is 177 g/mol. The first-order valence-corrected chi connectivity index (χ1v) is 3.54. The van der Waals surface area contributed by atoms with Crippen LogP contribution in [-0.2, 0) is 0 Å². The summed E-state index contributed by atoms with van der Waals surface area (Å²) in [5, 5.41) is 19.7. The SMILES string of the molecule is C#CC(O)c1ccccc1[N+](=O)[O-]. The van der Waals surface area contributed by atoms with Gasteiger partial charge in [-0.3, -0.25) is 10.1 Å². The van der Waals surface area contributed by atoms with Gasteiger partial charge in [-0.25, -0.2) is 0 Å². The third kappa shape index (κ3) is 1.83. The average Bonchev–Trinajstić information content (AvgIpc) is 2.16. The molecule has 1 N–H and O–H groups in total. The van der Waals surface area contributed by atoms with Crippen molar-refractivity contribution < 1.29 is 10.0 Å². The van der Waals surface area contributed by atoms with Crippen molar-refractivity contribution in [3.63, 3.8) is 0 Å². The molecule has 1 atom stereocenters. The summed E-state index contributed by atoms with van der Waals surface area (Å²) in [7, 11) is 0. The number of aliphatic hydroxyl groups excluding tert-OH is 1. The van der Waals surface area contributed by atoms with Gasteiger partial charge in [-0.1, -0.05) is 18.1 Å². The zero-order chi connectivity index (χ0) is 9.84. The Bertz CT molecular complexity index is 367. The standard InChI is InChI=1S/C9H7NO3/c1-2-9(11)7-5-3-4-6-8(7)10(12)13/h1,3-6,9,11H. The lowest BCUT2D eigenvalue weighted by Gasteiger charge is -2.03. The molecule has 4 nitrogen and oxygen atoms in total. The Morgan fingerprint density at radius 3 is 2.69 bits per heavy atom. The van der Waals surface area contributed by atoms with Crippen LogP contribution in [0.25, 0.3) is 0 Å². The molecule has 1 aromatic rings. The number of benzene rings is 1. The predicted molar refractivity (Wildman–Crippen MR) is 46.9 cm³/mol. The van der Waals surface area contributed by atoms with Crippen LogP contribution < -0.4 is 0 Å². The quantitative estimate of drug-likeness (QED) is 0.420. The molecule has 0 saturated heterocycles. The van der Waals surface area contributed by atoms with Gasteiger partial charge in [0.15, 0.2) is 0 Å². The number of aliphatic hydroxyl groups is 1. The highest BCUT2D eigenvalue weighted by atomic mass is 16.6. The molecule has 1 rings (SSSR count). The van der Waals surface area contributed by atoms with Crippen molar-refractivity contribution in [2.75, 3.05) is 0 Å². The molecule has 0 amide bonds. The minimum Gasteiger partial charge on any atom is -0.376 e. The number of nitrogens with zero attached hydrogens (tertiary/aromatic N) is 1. The van der Waals surface area contributed by atoms with Crippen LogP contribution in [0.3, 0.4) is 0 Å². The van der Waals surface area contributed by atoms with Crippen molar-refractivity contribution in [2.24, 2.45) is 0 Å². The Balaban J connectivity index is 3.21. The third-order valence-corrected chi connectivity index (χ3v) is 1.59. The first-order valence-electron chi connectivity index (χ1n) is 3.54. The van der Waals surface area contributed by atoms with Crippen LogP contribution in [-0.4, -0.2) is 10.0 Å². The van der Waals surface area contributed by atoms with E-state index in [0.29, 0.717) is 0 Å². The zero-order valence-corrected chi connectivity index (χ0v) is 6.68. The van der Waals surface area contributed by atoms with E-state index in [1.165, 1.54) is 18.2 Å². The highest BCUT2D eigenvalue weighted by Gasteiger charge is 2.17. The minimum atomic E-state index is -1.22. The summed E-state index contributed by atoms with van der Waals surface area (Å²) in [5.74, 6) is 2.03. The van der Waals surface area contributed by atoms with Gasteiger partial charge in [0.1, 0.15) is 6.10 Å². The summed E-state index contributed by atoms with van der Waals surface area (Å²) in [6.07, 6.45) is 3.73. The molecule has 0 fully saturated rings. The fraction of sp³-hybridized carbons (Fsp3) is 0.111. The fourth-order valence-corrected chi connectivity index (χ4v) is 0.975. The van der Waals surface area contributed by atoms with Gasteiger partial charge in [0.05, 0.1) is 10.5 Å². The maximum atomic E-state index is 10.5. The van der Waals surface area contributed by atoms with E-state index in [-0.39, 0.29) is 11.3 Å². The second-order valence-corrected chi connectivity index (χ2v) is 2.39. The van der Waals surface area contributed by atoms with Crippen molar-refractivity contribution >= 4 is 5.69 Å². The number of nitro groups is 1. The summed E-state index contributed by atoms with van der Waals surface area (Å²) < 4.78 is 0. The first-order chi connectivity index (χ1) is 6.16. The lowest BCUT2D eigenvalue weighted by atomic mass is 10.1. The van der Waals surface area contributed by atoms with Gasteiger partial charge < -0.3 is 5.11 Å². The Kier molecular flexibility index (Phi) is 2.62. The van der Waals surface area contributed by atoms with E-state index in [4.69, 9.17) is 6.42 Å². The number of terminal acetylenes is 1. The topological polar surface area (TPSA) is 63.4 Å². The molecular weight excluding hydrogens is 170 g/mol. The second-order valence-electron chi connectivity index (χ2n) is 2.39. The van der Waals surface area contributed by atoms with Crippen LogP contribution in [0.4, 0.5) is 5.69 Å². The molecule has 0 bridgehead atoms. The summed E-state index contributed by atoms with van der Waals surface area (Å²) >= 11 is 0. The van der Waals surface area contributed by atoms with Crippen molar-refractivity contribution in [1.29, 1.82) is 0 Å². The molecule has 0 radical (unpaired) electrons. The van der Waals surface area contributed by atoms with Gasteiger partial charge in [0, 0.05) is 6.07 Å². The van der Waals surface area contributed by atoms with Crippen LogP contribution in [0.5, 0.6) is 0 Å². The minimum absolute atomic E-state index is 0.148. The summed E-state index contributed by atoms with van der Waals surface area (Å²) in [6, 6.07) is 5.84. The van der Waals surface area contributed by atoms with E-state index in [9.17, 15) is 15.2 Å². The Hall–Kier alpha value is -1.86. The van der Waals surface area contributed by atoms with E-state index in [0.717, 1.165) is 0 Å². The Morgan fingerprint density at radius 1 is 1.54 bits per heavy atom. The van der Waals surface area contributed by atoms with E-state index >= 15 is 0 Å². The molecule has 0 aromatic heterocycles. The molecule has 0 heterocycles. The molecule has 4 heteroatoms. The van der Waals surface area contributed by atoms with Gasteiger partial charge in [-0.15, -0.1) is 6.42 Å². The summed E-state index contributed by atoms with van der Waals surface area (Å²) in [4.78, 5) is 9.89. The smallest absolute Gasteiger partial charge is 0.276 e. The van der Waals surface area contributed by atoms with Crippen molar-refractivity contribution in [3.05, 3.63) is 39.9 Å².